The van der Waals surface area contributed by atoms with Crippen LogP contribution in [0, 0.1) is 11.3 Å². The van der Waals surface area contributed by atoms with Gasteiger partial charge < -0.3 is 4.90 Å². The number of rotatable bonds is 10. The minimum atomic E-state index is -0.0250. The van der Waals surface area contributed by atoms with Gasteiger partial charge in [0.25, 0.3) is 0 Å². The summed E-state index contributed by atoms with van der Waals surface area (Å²) in [6, 6.07) is 6.90. The van der Waals surface area contributed by atoms with Gasteiger partial charge in [0.15, 0.2) is 0 Å². The summed E-state index contributed by atoms with van der Waals surface area (Å²) in [6.45, 7) is 3.53. The fourth-order valence-corrected chi connectivity index (χ4v) is 8.36. The van der Waals surface area contributed by atoms with Gasteiger partial charge in [0, 0.05) is 29.0 Å². The molecule has 0 bridgehead atoms. The average molecular weight is 474 g/mol. The van der Waals surface area contributed by atoms with Crippen LogP contribution < -0.4 is 0 Å². The van der Waals surface area contributed by atoms with E-state index in [4.69, 9.17) is 0 Å². The molecule has 1 aromatic carbocycles. The first kappa shape index (κ1) is 24.8. The minimum Gasteiger partial charge on any atom is -0.373 e. The van der Waals surface area contributed by atoms with Crippen molar-refractivity contribution in [2.24, 2.45) is 11.3 Å². The Morgan fingerprint density at radius 3 is 2.57 bits per heavy atom. The molecule has 2 heteroatoms. The first-order valence-electron chi connectivity index (χ1n) is 15.0. The van der Waals surface area contributed by atoms with Gasteiger partial charge in [0.2, 0.25) is 0 Å². The highest BCUT2D eigenvalue weighted by atomic mass is 16.1. The van der Waals surface area contributed by atoms with Gasteiger partial charge in [-0.1, -0.05) is 114 Å². The molecule has 0 radical (unpaired) electrons. The minimum absolute atomic E-state index is 0.0250. The molecule has 0 amide bonds. The molecule has 5 rings (SSSR count). The Morgan fingerprint density at radius 2 is 1.74 bits per heavy atom. The van der Waals surface area contributed by atoms with Gasteiger partial charge in [-0.2, -0.15) is 0 Å². The van der Waals surface area contributed by atoms with Crippen LogP contribution >= 0.6 is 0 Å². The Labute approximate surface area is 214 Å². The van der Waals surface area contributed by atoms with E-state index in [0.29, 0.717) is 6.04 Å². The van der Waals surface area contributed by atoms with E-state index in [1.807, 2.05) is 0 Å². The van der Waals surface area contributed by atoms with Gasteiger partial charge in [-0.25, -0.2) is 0 Å². The lowest BCUT2D eigenvalue weighted by Crippen LogP contribution is -2.61. The van der Waals surface area contributed by atoms with Gasteiger partial charge in [-0.3, -0.25) is 4.79 Å². The van der Waals surface area contributed by atoms with Crippen LogP contribution in [0.4, 0.5) is 0 Å². The van der Waals surface area contributed by atoms with E-state index in [1.54, 1.807) is 0 Å². The third-order valence-electron chi connectivity index (χ3n) is 10.1. The molecule has 2 saturated carbocycles. The molecule has 3 atom stereocenters. The third-order valence-corrected chi connectivity index (χ3v) is 10.1. The number of carbonyl (C=O) groups is 1. The molecule has 190 valence electrons. The number of allylic oxidation sites excluding steroid dienone is 1. The number of aldehydes is 1. The van der Waals surface area contributed by atoms with Gasteiger partial charge >= 0.3 is 0 Å². The highest BCUT2D eigenvalue weighted by Crippen LogP contribution is 2.63. The molecule has 4 aliphatic rings. The lowest BCUT2D eigenvalue weighted by molar-refractivity contribution is 0.00846. The molecule has 0 spiro atoms. The van der Waals surface area contributed by atoms with Crippen LogP contribution in [0.3, 0.4) is 0 Å². The smallest absolute Gasteiger partial charge is 0.150 e. The molecule has 0 aromatic heterocycles. The second kappa shape index (κ2) is 11.1. The second-order valence-electron chi connectivity index (χ2n) is 12.1. The summed E-state index contributed by atoms with van der Waals surface area (Å²) in [5.74, 6) is 0.846. The van der Waals surface area contributed by atoms with E-state index in [1.165, 1.54) is 120 Å². The molecule has 3 aliphatic carbocycles. The van der Waals surface area contributed by atoms with E-state index in [2.05, 4.69) is 54.5 Å². The first-order chi connectivity index (χ1) is 17.2. The zero-order valence-corrected chi connectivity index (χ0v) is 22.1. The fraction of sp³-hybridized carbons (Fsp3) is 0.667. The standard InChI is InChI=1S/C33H47NO/c1-2-3-4-5-6-10-18-30-32-20-11-12-21-33(32,23-24-34(30)25-27-14-8-7-9-15-27)31-28(19-22-32)16-13-17-29(31)26-35/h13,16-17,19,22-24,26-27,30H,2-12,14-15,18,20-21,25H2,1H3. The van der Waals surface area contributed by atoms with Gasteiger partial charge in [-0.05, 0) is 55.3 Å². The molecule has 0 N–H and O–H groups in total. The number of fused-ring (bicyclic) bond motifs is 1. The largest absolute Gasteiger partial charge is 0.373 e. The van der Waals surface area contributed by atoms with Crippen LogP contribution in [0.25, 0.3) is 6.08 Å². The molecule has 2 nitrogen and oxygen atoms in total. The first-order valence-corrected chi connectivity index (χ1v) is 15.0. The van der Waals surface area contributed by atoms with E-state index in [0.717, 1.165) is 17.8 Å². The van der Waals surface area contributed by atoms with Crippen LogP contribution in [-0.2, 0) is 5.41 Å². The summed E-state index contributed by atoms with van der Waals surface area (Å²) in [5, 5.41) is 0. The van der Waals surface area contributed by atoms with Gasteiger partial charge in [0.1, 0.15) is 6.29 Å². The molecule has 1 heterocycles. The van der Waals surface area contributed by atoms with Crippen molar-refractivity contribution in [2.75, 3.05) is 6.54 Å². The van der Waals surface area contributed by atoms with Crippen LogP contribution in [0.15, 0.2) is 36.6 Å². The van der Waals surface area contributed by atoms with Crippen molar-refractivity contribution in [1.82, 2.24) is 4.90 Å². The van der Waals surface area contributed by atoms with Crippen LogP contribution in [0.2, 0.25) is 0 Å². The van der Waals surface area contributed by atoms with Crippen molar-refractivity contribution in [1.29, 1.82) is 0 Å². The van der Waals surface area contributed by atoms with E-state index in [9.17, 15) is 4.79 Å². The van der Waals surface area contributed by atoms with Crippen LogP contribution in [-0.4, -0.2) is 23.8 Å². The topological polar surface area (TPSA) is 20.3 Å². The third kappa shape index (κ3) is 4.56. The molecule has 0 saturated heterocycles. The maximum absolute atomic E-state index is 12.3. The van der Waals surface area contributed by atoms with E-state index < -0.39 is 0 Å². The van der Waals surface area contributed by atoms with Crippen LogP contribution in [0.1, 0.15) is 131 Å². The lowest BCUT2D eigenvalue weighted by atomic mass is 9.46. The maximum atomic E-state index is 12.3. The van der Waals surface area contributed by atoms with Crippen molar-refractivity contribution in [2.45, 2.75) is 121 Å². The predicted octanol–water partition coefficient (Wildman–Crippen LogP) is 8.85. The number of hydrogen-bond acceptors (Lipinski definition) is 2. The molecule has 3 unspecified atom stereocenters. The van der Waals surface area contributed by atoms with Crippen molar-refractivity contribution in [3.05, 3.63) is 53.2 Å². The zero-order chi connectivity index (χ0) is 24.1. The second-order valence-corrected chi connectivity index (χ2v) is 12.1. The Hall–Kier alpha value is -1.83. The highest BCUT2D eigenvalue weighted by molar-refractivity contribution is 5.83. The van der Waals surface area contributed by atoms with Crippen LogP contribution in [0.5, 0.6) is 0 Å². The summed E-state index contributed by atoms with van der Waals surface area (Å²) in [4.78, 5) is 15.1. The van der Waals surface area contributed by atoms with Crippen molar-refractivity contribution in [3.8, 4) is 0 Å². The molecule has 1 aromatic rings. The summed E-state index contributed by atoms with van der Waals surface area (Å²) in [6.07, 6.45) is 32.7. The van der Waals surface area contributed by atoms with E-state index >= 15 is 0 Å². The van der Waals surface area contributed by atoms with E-state index in [-0.39, 0.29) is 10.8 Å². The van der Waals surface area contributed by atoms with Gasteiger partial charge in [-0.15, -0.1) is 0 Å². The number of nitrogens with zero attached hydrogens (tertiary/aromatic N) is 1. The van der Waals surface area contributed by atoms with Crippen molar-refractivity contribution >= 4 is 12.4 Å². The number of unbranched alkanes of at least 4 members (excludes halogenated alkanes) is 5. The Kier molecular flexibility index (Phi) is 7.85. The highest BCUT2D eigenvalue weighted by Gasteiger charge is 2.59. The van der Waals surface area contributed by atoms with Crippen molar-refractivity contribution in [3.63, 3.8) is 0 Å². The predicted molar refractivity (Wildman–Crippen MR) is 148 cm³/mol. The maximum Gasteiger partial charge on any atom is 0.150 e. The SMILES string of the molecule is CCCCCCCCC1N(CC2CCCCC2)C=CC23CCCCC12C=Cc1cccc(C=O)c13. The summed E-state index contributed by atoms with van der Waals surface area (Å²) >= 11 is 0. The monoisotopic (exact) mass is 473 g/mol. The average Bonchev–Trinajstić information content (AvgIpc) is 2.91. The Morgan fingerprint density at radius 1 is 0.943 bits per heavy atom. The molecule has 2 fully saturated rings. The van der Waals surface area contributed by atoms with Crippen molar-refractivity contribution < 1.29 is 4.79 Å². The summed E-state index contributed by atoms with van der Waals surface area (Å²) in [5.41, 5.74) is 3.61. The fourth-order valence-electron chi connectivity index (χ4n) is 8.36. The Bertz CT molecular complexity index is 925. The summed E-state index contributed by atoms with van der Waals surface area (Å²) in [7, 11) is 0. The molecule has 35 heavy (non-hydrogen) atoms. The number of carbonyl (C=O) groups excluding carboxylic acids is 1. The number of hydrogen-bond donors (Lipinski definition) is 0. The normalized spacial score (nSPS) is 30.0. The Balaban J connectivity index is 1.50. The van der Waals surface area contributed by atoms with Gasteiger partial charge in [0.05, 0.1) is 0 Å². The zero-order valence-electron chi connectivity index (χ0n) is 22.1. The summed E-state index contributed by atoms with van der Waals surface area (Å²) < 4.78 is 0. The number of benzene rings is 1. The molecule has 1 aliphatic heterocycles. The quantitative estimate of drug-likeness (QED) is 0.250. The molecular formula is C33H47NO. The molecular weight excluding hydrogens is 426 g/mol. The lowest BCUT2D eigenvalue weighted by Gasteiger charge is -2.62.